The van der Waals surface area contributed by atoms with E-state index in [0.29, 0.717) is 12.3 Å². The van der Waals surface area contributed by atoms with Crippen molar-refractivity contribution in [1.82, 2.24) is 5.32 Å². The van der Waals surface area contributed by atoms with Gasteiger partial charge in [0, 0.05) is 11.8 Å². The number of ether oxygens (including phenoxy) is 1. The van der Waals surface area contributed by atoms with Crippen molar-refractivity contribution < 1.29 is 19.4 Å². The van der Waals surface area contributed by atoms with E-state index in [4.69, 9.17) is 5.11 Å². The number of carbonyl (C=O) groups is 2. The fourth-order valence-electron chi connectivity index (χ4n) is 0.627. The summed E-state index contributed by atoms with van der Waals surface area (Å²) in [5, 5.41) is 10.8. The number of hydrogen-bond donors (Lipinski definition) is 2. The van der Waals surface area contributed by atoms with Gasteiger partial charge < -0.3 is 15.2 Å². The minimum atomic E-state index is -0.975. The van der Waals surface area contributed by atoms with Gasteiger partial charge in [-0.05, 0) is 13.8 Å². The standard InChI is InChI=1S/C8H13NO4.Na.H/c1-3-13-8(12)4-6(2)9-5-7(10)11;;/h4,9H,3,5H2,1-2H3,(H,10,11);;. The number of allylic oxidation sites excluding steroid dienone is 1. The molecule has 0 heterocycles. The van der Waals surface area contributed by atoms with Gasteiger partial charge in [0.15, 0.2) is 0 Å². The van der Waals surface area contributed by atoms with Crippen LogP contribution in [0.2, 0.25) is 0 Å². The maximum absolute atomic E-state index is 10.8. The molecule has 5 nitrogen and oxygen atoms in total. The van der Waals surface area contributed by atoms with Gasteiger partial charge in [-0.3, -0.25) is 4.79 Å². The van der Waals surface area contributed by atoms with Crippen LogP contribution in [0.25, 0.3) is 0 Å². The van der Waals surface area contributed by atoms with E-state index in [9.17, 15) is 9.59 Å². The molecule has 0 aliphatic heterocycles. The van der Waals surface area contributed by atoms with E-state index in [2.05, 4.69) is 10.1 Å². The van der Waals surface area contributed by atoms with Crippen LogP contribution in [0.5, 0.6) is 0 Å². The van der Waals surface area contributed by atoms with E-state index in [1.54, 1.807) is 13.8 Å². The van der Waals surface area contributed by atoms with E-state index in [-0.39, 0.29) is 36.1 Å². The molecule has 6 heteroatoms. The Morgan fingerprint density at radius 2 is 2.07 bits per heavy atom. The van der Waals surface area contributed by atoms with Gasteiger partial charge in [0.05, 0.1) is 6.61 Å². The molecule has 0 aromatic carbocycles. The summed E-state index contributed by atoms with van der Waals surface area (Å²) in [6.45, 7) is 3.40. The molecular formula is C8H14NNaO4. The Hall–Kier alpha value is -0.520. The normalized spacial score (nSPS) is 10.0. The van der Waals surface area contributed by atoms with Crippen molar-refractivity contribution in [2.45, 2.75) is 13.8 Å². The van der Waals surface area contributed by atoms with Gasteiger partial charge in [-0.1, -0.05) is 0 Å². The number of esters is 1. The number of hydrogen-bond acceptors (Lipinski definition) is 4. The molecular weight excluding hydrogens is 197 g/mol. The van der Waals surface area contributed by atoms with Gasteiger partial charge in [-0.15, -0.1) is 0 Å². The first-order valence-corrected chi connectivity index (χ1v) is 3.87. The molecule has 0 atom stereocenters. The van der Waals surface area contributed by atoms with Gasteiger partial charge >= 0.3 is 41.5 Å². The van der Waals surface area contributed by atoms with E-state index < -0.39 is 11.9 Å². The van der Waals surface area contributed by atoms with E-state index in [1.807, 2.05) is 0 Å². The minimum absolute atomic E-state index is 0. The van der Waals surface area contributed by atoms with Gasteiger partial charge in [0.25, 0.3) is 0 Å². The van der Waals surface area contributed by atoms with Crippen LogP contribution < -0.4 is 5.32 Å². The number of carboxylic acid groups (broad SMARTS) is 1. The molecule has 0 aromatic rings. The summed E-state index contributed by atoms with van der Waals surface area (Å²) in [6, 6.07) is 0. The Morgan fingerprint density at radius 3 is 2.50 bits per heavy atom. The monoisotopic (exact) mass is 211 g/mol. The van der Waals surface area contributed by atoms with E-state index in [1.165, 1.54) is 6.08 Å². The van der Waals surface area contributed by atoms with Crippen LogP contribution >= 0.6 is 0 Å². The first kappa shape index (κ1) is 15.9. The van der Waals surface area contributed by atoms with Crippen LogP contribution in [0.4, 0.5) is 0 Å². The van der Waals surface area contributed by atoms with Crippen LogP contribution in [0.15, 0.2) is 11.8 Å². The summed E-state index contributed by atoms with van der Waals surface area (Å²) in [5.41, 5.74) is 0.473. The molecule has 0 bridgehead atoms. The van der Waals surface area contributed by atoms with Crippen molar-refractivity contribution in [3.63, 3.8) is 0 Å². The quantitative estimate of drug-likeness (QED) is 0.363. The Labute approximate surface area is 105 Å². The predicted octanol–water partition coefficient (Wildman–Crippen LogP) is -0.521. The van der Waals surface area contributed by atoms with Crippen LogP contribution in [0, 0.1) is 0 Å². The summed E-state index contributed by atoms with van der Waals surface area (Å²) in [5.74, 6) is -1.45. The van der Waals surface area contributed by atoms with Gasteiger partial charge in [-0.2, -0.15) is 0 Å². The average Bonchev–Trinajstić information content (AvgIpc) is 2.01. The molecule has 0 saturated heterocycles. The second-order valence-electron chi connectivity index (χ2n) is 2.33. The molecule has 0 amide bonds. The number of carboxylic acids is 1. The molecule has 0 unspecified atom stereocenters. The zero-order chi connectivity index (χ0) is 10.3. The van der Waals surface area contributed by atoms with E-state index in [0.717, 1.165) is 0 Å². The fraction of sp³-hybridized carbons (Fsp3) is 0.500. The summed E-state index contributed by atoms with van der Waals surface area (Å²) in [6.07, 6.45) is 1.21. The van der Waals surface area contributed by atoms with Gasteiger partial charge in [0.2, 0.25) is 0 Å². The zero-order valence-corrected chi connectivity index (χ0v) is 7.66. The molecule has 76 valence electrons. The second kappa shape index (κ2) is 9.05. The second-order valence-corrected chi connectivity index (χ2v) is 2.33. The van der Waals surface area contributed by atoms with Crippen molar-refractivity contribution in [3.05, 3.63) is 11.8 Å². The van der Waals surface area contributed by atoms with Crippen LogP contribution in [-0.4, -0.2) is 59.8 Å². The number of aliphatic carboxylic acids is 1. The Bertz CT molecular complexity index is 227. The zero-order valence-electron chi connectivity index (χ0n) is 7.66. The third kappa shape index (κ3) is 9.57. The molecule has 0 aromatic heterocycles. The Balaban J connectivity index is 0. The molecule has 0 fully saturated rings. The maximum atomic E-state index is 10.8. The average molecular weight is 211 g/mol. The summed E-state index contributed by atoms with van der Waals surface area (Å²) in [7, 11) is 0. The third-order valence-corrected chi connectivity index (χ3v) is 1.14. The fourth-order valence-corrected chi connectivity index (χ4v) is 0.627. The summed E-state index contributed by atoms with van der Waals surface area (Å²) in [4.78, 5) is 20.9. The predicted molar refractivity (Wildman–Crippen MR) is 53.2 cm³/mol. The number of carbonyl (C=O) groups excluding carboxylic acids is 1. The van der Waals surface area contributed by atoms with Gasteiger partial charge in [-0.25, -0.2) is 4.79 Å². The number of rotatable bonds is 5. The Morgan fingerprint density at radius 1 is 1.50 bits per heavy atom. The van der Waals surface area contributed by atoms with Crippen LogP contribution in [-0.2, 0) is 14.3 Å². The molecule has 0 saturated carbocycles. The van der Waals surface area contributed by atoms with Crippen molar-refractivity contribution in [2.75, 3.05) is 13.2 Å². The Kier molecular flexibility index (Phi) is 10.3. The first-order chi connectivity index (χ1) is 6.06. The van der Waals surface area contributed by atoms with Crippen molar-refractivity contribution >= 4 is 41.5 Å². The molecule has 0 aliphatic carbocycles. The topological polar surface area (TPSA) is 75.6 Å². The van der Waals surface area contributed by atoms with Crippen molar-refractivity contribution in [3.8, 4) is 0 Å². The van der Waals surface area contributed by atoms with Crippen molar-refractivity contribution in [1.29, 1.82) is 0 Å². The molecule has 2 N–H and O–H groups in total. The van der Waals surface area contributed by atoms with E-state index >= 15 is 0 Å². The van der Waals surface area contributed by atoms with Crippen LogP contribution in [0.3, 0.4) is 0 Å². The van der Waals surface area contributed by atoms with Crippen molar-refractivity contribution in [2.24, 2.45) is 0 Å². The molecule has 14 heavy (non-hydrogen) atoms. The summed E-state index contributed by atoms with van der Waals surface area (Å²) >= 11 is 0. The van der Waals surface area contributed by atoms with Crippen LogP contribution in [0.1, 0.15) is 13.8 Å². The first-order valence-electron chi connectivity index (χ1n) is 3.87. The molecule has 0 spiro atoms. The molecule has 0 aliphatic rings. The third-order valence-electron chi connectivity index (χ3n) is 1.14. The molecule has 0 rings (SSSR count). The molecule has 0 radical (unpaired) electrons. The SMILES string of the molecule is CCOC(=O)C=C(C)NCC(=O)O.[NaH]. The number of nitrogens with one attached hydrogen (secondary N) is 1. The van der Waals surface area contributed by atoms with Gasteiger partial charge in [0.1, 0.15) is 6.54 Å². The summed E-state index contributed by atoms with van der Waals surface area (Å²) < 4.78 is 4.62.